The number of anilines is 1. The second-order valence-electron chi connectivity index (χ2n) is 8.46. The summed E-state index contributed by atoms with van der Waals surface area (Å²) in [5.74, 6) is -1.25. The first-order valence-electron chi connectivity index (χ1n) is 9.94. The number of alkyl halides is 3. The second kappa shape index (κ2) is 8.86. The van der Waals surface area contributed by atoms with Crippen LogP contribution in [0.3, 0.4) is 0 Å². The van der Waals surface area contributed by atoms with E-state index in [4.69, 9.17) is 10.5 Å². The Morgan fingerprint density at radius 2 is 1.85 bits per heavy atom. The zero-order valence-corrected chi connectivity index (χ0v) is 18.2. The number of nitrogen functional groups attached to an aromatic ring is 1. The van der Waals surface area contributed by atoms with E-state index in [0.717, 1.165) is 18.2 Å². The highest BCUT2D eigenvalue weighted by Crippen LogP contribution is 2.43. The van der Waals surface area contributed by atoms with Crippen molar-refractivity contribution in [3.63, 3.8) is 0 Å². The molecule has 0 amide bonds. The maximum atomic E-state index is 14.2. The van der Waals surface area contributed by atoms with E-state index in [1.54, 1.807) is 20.8 Å². The number of hydrogen-bond acceptors (Lipinski definition) is 5. The van der Waals surface area contributed by atoms with Crippen LogP contribution in [-0.2, 0) is 16.1 Å². The smallest absolute Gasteiger partial charge is 0.418 e. The lowest BCUT2D eigenvalue weighted by molar-refractivity contribution is -0.206. The molecule has 1 aromatic heterocycles. The van der Waals surface area contributed by atoms with Crippen LogP contribution in [0.5, 0.6) is 0 Å². The largest absolute Gasteiger partial charge is 0.459 e. The van der Waals surface area contributed by atoms with E-state index >= 15 is 0 Å². The van der Waals surface area contributed by atoms with Crippen LogP contribution in [0.15, 0.2) is 48.8 Å². The summed E-state index contributed by atoms with van der Waals surface area (Å²) >= 11 is 0. The van der Waals surface area contributed by atoms with Crippen LogP contribution in [0.2, 0.25) is 0 Å². The van der Waals surface area contributed by atoms with Gasteiger partial charge in [0.05, 0.1) is 6.20 Å². The number of aliphatic hydroxyl groups excluding tert-OH is 1. The van der Waals surface area contributed by atoms with Crippen molar-refractivity contribution in [3.05, 3.63) is 60.2 Å². The summed E-state index contributed by atoms with van der Waals surface area (Å²) in [5.41, 5.74) is 5.36. The molecule has 0 saturated carbocycles. The van der Waals surface area contributed by atoms with Gasteiger partial charge in [0.15, 0.2) is 6.10 Å². The number of hydrogen-bond donors (Lipinski definition) is 2. The third-order valence-electron chi connectivity index (χ3n) is 4.62. The van der Waals surface area contributed by atoms with E-state index in [2.05, 4.69) is 5.10 Å². The van der Waals surface area contributed by atoms with Crippen LogP contribution in [0.4, 0.5) is 23.2 Å². The molecular weight excluding hydrogens is 442 g/mol. The number of aliphatic hydroxyl groups is 1. The van der Waals surface area contributed by atoms with Crippen molar-refractivity contribution in [3.8, 4) is 22.3 Å². The summed E-state index contributed by atoms with van der Waals surface area (Å²) < 4.78 is 60.6. The molecule has 1 unspecified atom stereocenters. The van der Waals surface area contributed by atoms with Crippen molar-refractivity contribution < 1.29 is 32.2 Å². The fraction of sp³-hybridized carbons (Fsp3) is 0.304. The Labute approximate surface area is 187 Å². The summed E-state index contributed by atoms with van der Waals surface area (Å²) in [6.07, 6.45) is -4.90. The lowest BCUT2D eigenvalue weighted by Crippen LogP contribution is -2.26. The summed E-state index contributed by atoms with van der Waals surface area (Å²) in [6, 6.07) is 7.43. The number of nitrogens with zero attached hydrogens (tertiary/aromatic N) is 2. The molecule has 6 nitrogen and oxygen atoms in total. The Morgan fingerprint density at radius 1 is 1.18 bits per heavy atom. The number of carbonyl (C=O) groups excluding carboxylic acids is 1. The van der Waals surface area contributed by atoms with Crippen LogP contribution in [0.25, 0.3) is 22.3 Å². The molecular formula is C23H23F4N3O3. The highest BCUT2D eigenvalue weighted by atomic mass is 19.4. The van der Waals surface area contributed by atoms with Gasteiger partial charge in [0, 0.05) is 23.0 Å². The number of benzene rings is 2. The van der Waals surface area contributed by atoms with Crippen LogP contribution in [0, 0.1) is 5.82 Å². The normalized spacial score (nSPS) is 13.1. The first-order valence-corrected chi connectivity index (χ1v) is 9.94. The van der Waals surface area contributed by atoms with Crippen LogP contribution in [0.1, 0.15) is 32.4 Å². The molecule has 0 saturated heterocycles. The fourth-order valence-corrected chi connectivity index (χ4v) is 3.39. The third-order valence-corrected chi connectivity index (χ3v) is 4.62. The van der Waals surface area contributed by atoms with Crippen molar-refractivity contribution in [1.29, 1.82) is 0 Å². The Balaban J connectivity index is 2.08. The van der Waals surface area contributed by atoms with Gasteiger partial charge in [0.2, 0.25) is 0 Å². The van der Waals surface area contributed by atoms with E-state index in [9.17, 15) is 27.5 Å². The van der Waals surface area contributed by atoms with Crippen LogP contribution in [-0.4, -0.2) is 32.6 Å². The van der Waals surface area contributed by atoms with Gasteiger partial charge in [-0.3, -0.25) is 9.48 Å². The molecule has 3 N–H and O–H groups in total. The van der Waals surface area contributed by atoms with Gasteiger partial charge in [0.25, 0.3) is 0 Å². The average molecular weight is 465 g/mol. The minimum atomic E-state index is -4.91. The number of halogens is 4. The maximum Gasteiger partial charge on any atom is 0.418 e. The van der Waals surface area contributed by atoms with Gasteiger partial charge in [-0.2, -0.15) is 18.3 Å². The lowest BCUT2D eigenvalue weighted by Gasteiger charge is -2.21. The molecule has 1 atom stereocenters. The Kier molecular flexibility index (Phi) is 6.51. The monoisotopic (exact) mass is 465 g/mol. The molecule has 3 aromatic rings. The molecule has 2 aromatic carbocycles. The molecule has 0 spiro atoms. The summed E-state index contributed by atoms with van der Waals surface area (Å²) in [5, 5.41) is 14.0. The molecule has 176 valence electrons. The van der Waals surface area contributed by atoms with E-state index < -0.39 is 35.2 Å². The molecule has 0 fully saturated rings. The van der Waals surface area contributed by atoms with Gasteiger partial charge in [-0.15, -0.1) is 0 Å². The predicted molar refractivity (Wildman–Crippen MR) is 114 cm³/mol. The average Bonchev–Trinajstić information content (AvgIpc) is 3.13. The Bertz CT molecular complexity index is 1170. The zero-order chi connectivity index (χ0) is 24.6. The first kappa shape index (κ1) is 24.2. The molecule has 0 bridgehead atoms. The number of esters is 1. The van der Waals surface area contributed by atoms with Gasteiger partial charge < -0.3 is 15.6 Å². The zero-order valence-electron chi connectivity index (χ0n) is 18.2. The third kappa shape index (κ3) is 5.70. The van der Waals surface area contributed by atoms with Gasteiger partial charge in [-0.25, -0.2) is 4.39 Å². The van der Waals surface area contributed by atoms with Gasteiger partial charge in [-0.05, 0) is 49.6 Å². The number of aromatic nitrogens is 2. The molecule has 0 aliphatic rings. The highest BCUT2D eigenvalue weighted by molar-refractivity contribution is 5.92. The topological polar surface area (TPSA) is 90.4 Å². The van der Waals surface area contributed by atoms with E-state index in [1.807, 2.05) is 0 Å². The molecule has 0 radical (unpaired) electrons. The van der Waals surface area contributed by atoms with Crippen molar-refractivity contribution in [2.24, 2.45) is 0 Å². The van der Waals surface area contributed by atoms with Crippen molar-refractivity contribution in [1.82, 2.24) is 9.78 Å². The van der Waals surface area contributed by atoms with E-state index in [1.165, 1.54) is 35.3 Å². The fourth-order valence-electron chi connectivity index (χ4n) is 3.39. The number of nitrogens with two attached hydrogens (primary N) is 1. The minimum absolute atomic E-state index is 0.00489. The lowest BCUT2D eigenvalue weighted by atomic mass is 9.89. The molecule has 33 heavy (non-hydrogen) atoms. The van der Waals surface area contributed by atoms with Gasteiger partial charge in [-0.1, -0.05) is 24.3 Å². The minimum Gasteiger partial charge on any atom is -0.459 e. The number of rotatable bonds is 5. The van der Waals surface area contributed by atoms with Crippen molar-refractivity contribution >= 4 is 11.7 Å². The standard InChI is InChI=1S/C23H23F4N3O3/c1-22(2,3)33-19(31)12-30-11-13(10-29-30)17-8-14(24)9-18(28)20(17)15-6-4-5-7-16(15)21(32)23(25,26)27/h4-11,21,32H,12,28H2,1-3H3. The highest BCUT2D eigenvalue weighted by Gasteiger charge is 2.40. The molecule has 0 aliphatic carbocycles. The van der Waals surface area contributed by atoms with E-state index in [0.29, 0.717) is 5.56 Å². The number of carbonyl (C=O) groups is 1. The molecule has 10 heteroatoms. The Hall–Kier alpha value is -3.40. The van der Waals surface area contributed by atoms with Crippen molar-refractivity contribution in [2.75, 3.05) is 5.73 Å². The maximum absolute atomic E-state index is 14.2. The molecule has 0 aliphatic heterocycles. The summed E-state index contributed by atoms with van der Waals surface area (Å²) in [4.78, 5) is 12.1. The van der Waals surface area contributed by atoms with Crippen LogP contribution >= 0.6 is 0 Å². The molecule has 1 heterocycles. The van der Waals surface area contributed by atoms with Gasteiger partial charge >= 0.3 is 12.1 Å². The summed E-state index contributed by atoms with van der Waals surface area (Å²) in [7, 11) is 0. The van der Waals surface area contributed by atoms with Gasteiger partial charge in [0.1, 0.15) is 18.0 Å². The Morgan fingerprint density at radius 3 is 2.48 bits per heavy atom. The SMILES string of the molecule is CC(C)(C)OC(=O)Cn1cc(-c2cc(F)cc(N)c2-c2ccccc2C(O)C(F)(F)F)cn1. The summed E-state index contributed by atoms with van der Waals surface area (Å²) in [6.45, 7) is 4.93. The number of ether oxygens (including phenoxy) is 1. The van der Waals surface area contributed by atoms with E-state index in [-0.39, 0.29) is 28.9 Å². The van der Waals surface area contributed by atoms with Crippen molar-refractivity contribution in [2.45, 2.75) is 45.2 Å². The predicted octanol–water partition coefficient (Wildman–Crippen LogP) is 4.88. The quantitative estimate of drug-likeness (QED) is 0.319. The second-order valence-corrected chi connectivity index (χ2v) is 8.46. The van der Waals surface area contributed by atoms with Crippen LogP contribution < -0.4 is 5.73 Å². The molecule has 3 rings (SSSR count). The first-order chi connectivity index (χ1) is 15.3.